The van der Waals surface area contributed by atoms with E-state index >= 15 is 0 Å². The van der Waals surface area contributed by atoms with E-state index < -0.39 is 0 Å². The zero-order valence-electron chi connectivity index (χ0n) is 12.8. The minimum atomic E-state index is 0.223. The number of aromatic hydroxyl groups is 1. The van der Waals surface area contributed by atoms with Crippen molar-refractivity contribution < 1.29 is 14.6 Å². The lowest BCUT2D eigenvalue weighted by atomic mass is 9.86. The van der Waals surface area contributed by atoms with E-state index in [2.05, 4.69) is 16.0 Å². The summed E-state index contributed by atoms with van der Waals surface area (Å²) in [6.45, 7) is 1.81. The minimum Gasteiger partial charge on any atom is -0.504 e. The molecule has 116 valence electrons. The second kappa shape index (κ2) is 4.95. The molecule has 3 heterocycles. The van der Waals surface area contributed by atoms with Crippen molar-refractivity contribution in [2.45, 2.75) is 25.4 Å². The summed E-state index contributed by atoms with van der Waals surface area (Å²) in [5.41, 5.74) is 4.99. The summed E-state index contributed by atoms with van der Waals surface area (Å²) in [5, 5.41) is 9.99. The number of methoxy groups -OCH3 is 2. The van der Waals surface area contributed by atoms with Crippen LogP contribution in [0.1, 0.15) is 28.4 Å². The van der Waals surface area contributed by atoms with Gasteiger partial charge in [-0.25, -0.2) is 0 Å². The number of aromatic amines is 1. The average molecular weight is 300 g/mol. The molecule has 5 nitrogen and oxygen atoms in total. The lowest BCUT2D eigenvalue weighted by molar-refractivity contribution is 0.157. The molecule has 2 aliphatic rings. The van der Waals surface area contributed by atoms with Gasteiger partial charge in [-0.3, -0.25) is 4.90 Å². The highest BCUT2D eigenvalue weighted by molar-refractivity contribution is 5.52. The van der Waals surface area contributed by atoms with Gasteiger partial charge in [-0.15, -0.1) is 0 Å². The largest absolute Gasteiger partial charge is 0.504 e. The maximum Gasteiger partial charge on any atom is 0.190 e. The van der Waals surface area contributed by atoms with Crippen molar-refractivity contribution in [1.29, 1.82) is 0 Å². The highest BCUT2D eigenvalue weighted by atomic mass is 16.5. The van der Waals surface area contributed by atoms with Gasteiger partial charge in [0.05, 0.1) is 14.2 Å². The van der Waals surface area contributed by atoms with Crippen molar-refractivity contribution in [3.05, 3.63) is 40.6 Å². The summed E-state index contributed by atoms with van der Waals surface area (Å²) in [6.07, 6.45) is 1.92. The lowest BCUT2D eigenvalue weighted by Crippen LogP contribution is -2.39. The van der Waals surface area contributed by atoms with Crippen molar-refractivity contribution in [2.24, 2.45) is 0 Å². The third-order valence-electron chi connectivity index (χ3n) is 4.89. The van der Waals surface area contributed by atoms with Gasteiger partial charge in [0.25, 0.3) is 0 Å². The Morgan fingerprint density at radius 3 is 2.91 bits per heavy atom. The predicted molar refractivity (Wildman–Crippen MR) is 82.6 cm³/mol. The maximum absolute atomic E-state index is 9.99. The second-order valence-electron chi connectivity index (χ2n) is 5.97. The Morgan fingerprint density at radius 1 is 1.27 bits per heavy atom. The van der Waals surface area contributed by atoms with E-state index in [0.29, 0.717) is 11.8 Å². The summed E-state index contributed by atoms with van der Waals surface area (Å²) in [4.78, 5) is 5.82. The number of nitrogens with zero attached hydrogens (tertiary/aromatic N) is 1. The molecular weight excluding hydrogens is 280 g/mol. The van der Waals surface area contributed by atoms with E-state index in [9.17, 15) is 5.11 Å². The van der Waals surface area contributed by atoms with E-state index in [4.69, 9.17) is 9.47 Å². The maximum atomic E-state index is 9.99. The summed E-state index contributed by atoms with van der Waals surface area (Å²) in [7, 11) is 3.31. The monoisotopic (exact) mass is 300 g/mol. The quantitative estimate of drug-likeness (QED) is 0.894. The standard InChI is InChI=1S/C17H20N2O3/c1-21-16-8-11-13(18-16)5-6-19-9-12-10(7-14(11)19)3-4-15(20)17(12)22-2/h3-4,8,14,18,20H,5-7,9H2,1-2H3. The number of fused-ring (bicyclic) bond motifs is 4. The molecule has 1 aromatic heterocycles. The molecule has 22 heavy (non-hydrogen) atoms. The molecule has 2 aromatic rings. The van der Waals surface area contributed by atoms with Crippen LogP contribution in [0.2, 0.25) is 0 Å². The highest BCUT2D eigenvalue weighted by Crippen LogP contribution is 2.43. The fraction of sp³-hybridized carbons (Fsp3) is 0.412. The third-order valence-corrected chi connectivity index (χ3v) is 4.89. The van der Waals surface area contributed by atoms with E-state index in [1.54, 1.807) is 20.3 Å². The number of H-pyrrole nitrogens is 1. The van der Waals surface area contributed by atoms with Gasteiger partial charge in [-0.05, 0) is 23.6 Å². The molecule has 0 spiro atoms. The minimum absolute atomic E-state index is 0.223. The molecule has 0 aliphatic carbocycles. The van der Waals surface area contributed by atoms with Crippen LogP contribution in [0.25, 0.3) is 0 Å². The van der Waals surface area contributed by atoms with Crippen molar-refractivity contribution in [2.75, 3.05) is 20.8 Å². The van der Waals surface area contributed by atoms with Crippen LogP contribution in [0.3, 0.4) is 0 Å². The van der Waals surface area contributed by atoms with Gasteiger partial charge in [-0.2, -0.15) is 0 Å². The Balaban J connectivity index is 1.76. The SMILES string of the molecule is COc1cc2c([nH]1)CCN1Cc3c(ccc(O)c3OC)CC21. The molecule has 0 amide bonds. The molecule has 0 radical (unpaired) electrons. The second-order valence-corrected chi connectivity index (χ2v) is 5.97. The first-order chi connectivity index (χ1) is 10.7. The van der Waals surface area contributed by atoms with Crippen molar-refractivity contribution >= 4 is 0 Å². The van der Waals surface area contributed by atoms with Gasteiger partial charge in [0.1, 0.15) is 0 Å². The van der Waals surface area contributed by atoms with Crippen LogP contribution in [0.15, 0.2) is 18.2 Å². The molecule has 0 fully saturated rings. The van der Waals surface area contributed by atoms with Crippen LogP contribution in [0.5, 0.6) is 17.4 Å². The topological polar surface area (TPSA) is 57.7 Å². The first-order valence-corrected chi connectivity index (χ1v) is 7.58. The van der Waals surface area contributed by atoms with Gasteiger partial charge in [0.2, 0.25) is 0 Å². The van der Waals surface area contributed by atoms with Crippen molar-refractivity contribution in [1.82, 2.24) is 9.88 Å². The lowest BCUT2D eigenvalue weighted by Gasteiger charge is -2.40. The number of aromatic nitrogens is 1. The Kier molecular flexibility index (Phi) is 3.04. The summed E-state index contributed by atoms with van der Waals surface area (Å²) in [6, 6.07) is 6.23. The average Bonchev–Trinajstić information content (AvgIpc) is 2.97. The van der Waals surface area contributed by atoms with Gasteiger partial charge in [-0.1, -0.05) is 6.07 Å². The van der Waals surface area contributed by atoms with Crippen LogP contribution in [-0.4, -0.2) is 35.8 Å². The van der Waals surface area contributed by atoms with E-state index in [0.717, 1.165) is 37.4 Å². The van der Waals surface area contributed by atoms with E-state index in [-0.39, 0.29) is 5.75 Å². The molecule has 1 unspecified atom stereocenters. The summed E-state index contributed by atoms with van der Waals surface area (Å²) in [5.74, 6) is 1.68. The van der Waals surface area contributed by atoms with Gasteiger partial charge < -0.3 is 19.6 Å². The Hall–Kier alpha value is -2.14. The first-order valence-electron chi connectivity index (χ1n) is 7.58. The van der Waals surface area contributed by atoms with Gasteiger partial charge in [0.15, 0.2) is 17.4 Å². The van der Waals surface area contributed by atoms with Crippen LogP contribution in [0.4, 0.5) is 0 Å². The van der Waals surface area contributed by atoms with Gasteiger partial charge >= 0.3 is 0 Å². The van der Waals surface area contributed by atoms with E-state index in [1.807, 2.05) is 6.07 Å². The first kappa shape index (κ1) is 13.5. The molecule has 1 atom stereocenters. The fourth-order valence-electron chi connectivity index (χ4n) is 3.80. The van der Waals surface area contributed by atoms with Crippen molar-refractivity contribution in [3.63, 3.8) is 0 Å². The van der Waals surface area contributed by atoms with Crippen molar-refractivity contribution in [3.8, 4) is 17.4 Å². The zero-order chi connectivity index (χ0) is 15.3. The Morgan fingerprint density at radius 2 is 2.14 bits per heavy atom. The van der Waals surface area contributed by atoms with Gasteiger partial charge in [0, 0.05) is 42.9 Å². The smallest absolute Gasteiger partial charge is 0.190 e. The Labute approximate surface area is 129 Å². The molecule has 2 N–H and O–H groups in total. The molecule has 2 aliphatic heterocycles. The number of phenols is 1. The van der Waals surface area contributed by atoms with Crippen LogP contribution in [-0.2, 0) is 19.4 Å². The fourth-order valence-corrected chi connectivity index (χ4v) is 3.80. The molecule has 1 aromatic carbocycles. The number of benzene rings is 1. The van der Waals surface area contributed by atoms with Crippen LogP contribution >= 0.6 is 0 Å². The number of ether oxygens (including phenoxy) is 2. The number of hydrogen-bond acceptors (Lipinski definition) is 4. The van der Waals surface area contributed by atoms with Crippen LogP contribution in [0, 0.1) is 0 Å². The highest BCUT2D eigenvalue weighted by Gasteiger charge is 2.35. The van der Waals surface area contributed by atoms with Crippen LogP contribution < -0.4 is 9.47 Å². The summed E-state index contributed by atoms with van der Waals surface area (Å²) >= 11 is 0. The molecule has 5 heteroatoms. The molecule has 4 rings (SSSR count). The third kappa shape index (κ3) is 1.89. The molecule has 0 bridgehead atoms. The van der Waals surface area contributed by atoms with E-state index in [1.165, 1.54) is 16.8 Å². The normalized spacial score (nSPS) is 20.0. The number of hydrogen-bond donors (Lipinski definition) is 2. The number of nitrogens with one attached hydrogen (secondary N) is 1. The predicted octanol–water partition coefficient (Wildman–Crippen LogP) is 2.39. The molecule has 0 saturated carbocycles. The number of phenolic OH excluding ortho intramolecular Hbond substituents is 1. The molecular formula is C17H20N2O3. The molecule has 0 saturated heterocycles. The summed E-state index contributed by atoms with van der Waals surface area (Å²) < 4.78 is 10.8. The number of rotatable bonds is 2. The zero-order valence-corrected chi connectivity index (χ0v) is 12.8. The Bertz CT molecular complexity index is 723.